The van der Waals surface area contributed by atoms with Crippen LogP contribution in [0, 0.1) is 0 Å². The number of aliphatic hydroxyl groups excluding tert-OH is 1. The molecule has 1 heterocycles. The van der Waals surface area contributed by atoms with E-state index in [1.54, 1.807) is 0 Å². The predicted octanol–water partition coefficient (Wildman–Crippen LogP) is 1.52. The highest BCUT2D eigenvalue weighted by Gasteiger charge is 2.27. The van der Waals surface area contributed by atoms with E-state index in [9.17, 15) is 9.90 Å². The third-order valence-corrected chi connectivity index (χ3v) is 3.54. The summed E-state index contributed by atoms with van der Waals surface area (Å²) < 4.78 is 5.69. The summed E-state index contributed by atoms with van der Waals surface area (Å²) in [4.78, 5) is 14.2. The third kappa shape index (κ3) is 7.68. The van der Waals surface area contributed by atoms with Crippen molar-refractivity contribution in [2.24, 2.45) is 0 Å². The molecule has 1 aromatic rings. The molecule has 6 nitrogen and oxygen atoms in total. The van der Waals surface area contributed by atoms with E-state index in [0.717, 1.165) is 18.7 Å². The number of nitrogens with one attached hydrogen (secondary N) is 2. The van der Waals surface area contributed by atoms with Crippen molar-refractivity contribution in [3.8, 4) is 5.75 Å². The lowest BCUT2D eigenvalue weighted by atomic mass is 10.2. The van der Waals surface area contributed by atoms with E-state index in [0.29, 0.717) is 25.3 Å². The molecule has 1 saturated heterocycles. The van der Waals surface area contributed by atoms with Gasteiger partial charge in [0.25, 0.3) is 0 Å². The van der Waals surface area contributed by atoms with E-state index in [1.165, 1.54) is 0 Å². The van der Waals surface area contributed by atoms with E-state index >= 15 is 0 Å². The predicted molar refractivity (Wildman–Crippen MR) is 101 cm³/mol. The number of ether oxygens (including phenoxy) is 1. The van der Waals surface area contributed by atoms with Gasteiger partial charge >= 0.3 is 0 Å². The Labute approximate surface area is 155 Å². The van der Waals surface area contributed by atoms with Gasteiger partial charge in [-0.25, -0.2) is 0 Å². The Bertz CT molecular complexity index is 503. The van der Waals surface area contributed by atoms with E-state index in [-0.39, 0.29) is 36.8 Å². The van der Waals surface area contributed by atoms with Gasteiger partial charge in [-0.05, 0) is 39.1 Å². The largest absolute Gasteiger partial charge is 0.493 e. The summed E-state index contributed by atoms with van der Waals surface area (Å²) in [6, 6.07) is 7.05. The number of β-amino-alcohol motifs (C(OH)–C–C–N with tert-alkyl or cyclic N) is 1. The molecule has 24 heavy (non-hydrogen) atoms. The summed E-state index contributed by atoms with van der Waals surface area (Å²) in [6.07, 6.45) is 0.960. The van der Waals surface area contributed by atoms with Crippen LogP contribution in [0.2, 0.25) is 0 Å². The zero-order valence-electron chi connectivity index (χ0n) is 14.0. The topological polar surface area (TPSA) is 73.8 Å². The van der Waals surface area contributed by atoms with E-state index in [4.69, 9.17) is 4.74 Å². The number of halogens is 2. The lowest BCUT2D eigenvalue weighted by Crippen LogP contribution is -2.35. The van der Waals surface area contributed by atoms with Crippen LogP contribution in [0.15, 0.2) is 24.3 Å². The number of hydrogen-bond acceptors (Lipinski definition) is 5. The second-order valence-corrected chi connectivity index (χ2v) is 5.87. The first kappa shape index (κ1) is 22.9. The number of hydrogen-bond donors (Lipinski definition) is 3. The number of carbonyl (C=O) groups is 1. The molecule has 2 rings (SSSR count). The lowest BCUT2D eigenvalue weighted by Gasteiger charge is -2.13. The van der Waals surface area contributed by atoms with Crippen LogP contribution in [0.4, 0.5) is 5.69 Å². The average Bonchev–Trinajstić information content (AvgIpc) is 2.91. The van der Waals surface area contributed by atoms with Gasteiger partial charge in [-0.15, -0.1) is 24.8 Å². The zero-order valence-corrected chi connectivity index (χ0v) is 15.7. The highest BCUT2D eigenvalue weighted by atomic mass is 35.5. The smallest absolute Gasteiger partial charge is 0.241 e. The Morgan fingerprint density at radius 2 is 2.17 bits per heavy atom. The van der Waals surface area contributed by atoms with Crippen molar-refractivity contribution in [2.45, 2.75) is 25.0 Å². The van der Waals surface area contributed by atoms with Gasteiger partial charge in [0, 0.05) is 24.8 Å². The average molecular weight is 380 g/mol. The monoisotopic (exact) mass is 379 g/mol. The first-order valence-corrected chi connectivity index (χ1v) is 7.64. The van der Waals surface area contributed by atoms with Crippen molar-refractivity contribution < 1.29 is 14.6 Å². The van der Waals surface area contributed by atoms with Crippen molar-refractivity contribution >= 4 is 36.4 Å². The second-order valence-electron chi connectivity index (χ2n) is 5.87. The number of aliphatic hydroxyl groups is 1. The standard InChI is InChI=1S/C16H25N3O3.2ClH/c1-19(2)7-4-8-22-14-6-3-5-12(9-14)18-16(21)15-10-13(20)11-17-15;;/h3,5-6,9,13,15,17,20H,4,7-8,10-11H2,1-2H3,(H,18,21);2*1H. The van der Waals surface area contributed by atoms with Crippen molar-refractivity contribution in [2.75, 3.05) is 39.1 Å². The molecule has 2 atom stereocenters. The number of nitrogens with zero attached hydrogens (tertiary/aromatic N) is 1. The third-order valence-electron chi connectivity index (χ3n) is 3.54. The molecular weight excluding hydrogens is 353 g/mol. The number of rotatable bonds is 7. The minimum Gasteiger partial charge on any atom is -0.493 e. The molecule has 1 fully saturated rings. The van der Waals surface area contributed by atoms with Crippen LogP contribution >= 0.6 is 24.8 Å². The summed E-state index contributed by atoms with van der Waals surface area (Å²) in [5.74, 6) is 0.622. The zero-order chi connectivity index (χ0) is 15.9. The van der Waals surface area contributed by atoms with Gasteiger partial charge in [0.1, 0.15) is 5.75 Å². The molecule has 1 aromatic carbocycles. The van der Waals surface area contributed by atoms with Crippen LogP contribution in [-0.4, -0.2) is 61.9 Å². The molecule has 0 aliphatic carbocycles. The highest BCUT2D eigenvalue weighted by Crippen LogP contribution is 2.18. The summed E-state index contributed by atoms with van der Waals surface area (Å²) >= 11 is 0. The fourth-order valence-electron chi connectivity index (χ4n) is 2.38. The number of anilines is 1. The van der Waals surface area contributed by atoms with Crippen LogP contribution in [0.1, 0.15) is 12.8 Å². The molecule has 0 saturated carbocycles. The van der Waals surface area contributed by atoms with Crippen LogP contribution in [0.5, 0.6) is 5.75 Å². The van der Waals surface area contributed by atoms with Gasteiger partial charge in [0.2, 0.25) is 5.91 Å². The molecule has 2 unspecified atom stereocenters. The van der Waals surface area contributed by atoms with Gasteiger partial charge in [-0.1, -0.05) is 6.07 Å². The van der Waals surface area contributed by atoms with E-state index < -0.39 is 6.10 Å². The van der Waals surface area contributed by atoms with Gasteiger partial charge < -0.3 is 25.4 Å². The summed E-state index contributed by atoms with van der Waals surface area (Å²) in [5, 5.41) is 15.3. The molecule has 0 spiro atoms. The lowest BCUT2D eigenvalue weighted by molar-refractivity contribution is -0.117. The van der Waals surface area contributed by atoms with Gasteiger partial charge in [0.05, 0.1) is 18.8 Å². The summed E-state index contributed by atoms with van der Waals surface area (Å²) in [7, 11) is 4.06. The van der Waals surface area contributed by atoms with Gasteiger partial charge in [-0.3, -0.25) is 4.79 Å². The first-order chi connectivity index (χ1) is 10.5. The minimum absolute atomic E-state index is 0. The maximum absolute atomic E-state index is 12.1. The number of benzene rings is 1. The number of amides is 1. The molecule has 0 aromatic heterocycles. The Morgan fingerprint density at radius 1 is 1.42 bits per heavy atom. The quantitative estimate of drug-likeness (QED) is 0.626. The van der Waals surface area contributed by atoms with Crippen LogP contribution < -0.4 is 15.4 Å². The first-order valence-electron chi connectivity index (χ1n) is 7.64. The molecular formula is C16H27Cl2N3O3. The van der Waals surface area contributed by atoms with Crippen LogP contribution in [-0.2, 0) is 4.79 Å². The highest BCUT2D eigenvalue weighted by molar-refractivity contribution is 5.95. The molecule has 1 amide bonds. The molecule has 138 valence electrons. The Morgan fingerprint density at radius 3 is 2.79 bits per heavy atom. The molecule has 8 heteroatoms. The Hall–Kier alpha value is -1.05. The van der Waals surface area contributed by atoms with E-state index in [1.807, 2.05) is 38.4 Å². The Kier molecular flexibility index (Phi) is 11.0. The van der Waals surface area contributed by atoms with Gasteiger partial charge in [0.15, 0.2) is 0 Å². The van der Waals surface area contributed by atoms with Crippen molar-refractivity contribution in [3.05, 3.63) is 24.3 Å². The molecule has 0 bridgehead atoms. The maximum atomic E-state index is 12.1. The molecule has 3 N–H and O–H groups in total. The SMILES string of the molecule is CN(C)CCCOc1cccc(NC(=O)C2CC(O)CN2)c1.Cl.Cl. The fourth-order valence-corrected chi connectivity index (χ4v) is 2.38. The Balaban J connectivity index is 0.00000264. The minimum atomic E-state index is -0.442. The van der Waals surface area contributed by atoms with E-state index in [2.05, 4.69) is 15.5 Å². The van der Waals surface area contributed by atoms with Crippen molar-refractivity contribution in [1.29, 1.82) is 0 Å². The fraction of sp³-hybridized carbons (Fsp3) is 0.562. The van der Waals surface area contributed by atoms with Crippen molar-refractivity contribution in [3.63, 3.8) is 0 Å². The summed E-state index contributed by atoms with van der Waals surface area (Å²) in [6.45, 7) is 2.09. The number of carbonyl (C=O) groups excluding carboxylic acids is 1. The molecule has 0 radical (unpaired) electrons. The maximum Gasteiger partial charge on any atom is 0.241 e. The molecule has 1 aliphatic rings. The second kappa shape index (κ2) is 11.5. The van der Waals surface area contributed by atoms with Gasteiger partial charge in [-0.2, -0.15) is 0 Å². The molecule has 1 aliphatic heterocycles. The van der Waals surface area contributed by atoms with Crippen molar-refractivity contribution in [1.82, 2.24) is 10.2 Å². The van der Waals surface area contributed by atoms with Crippen LogP contribution in [0.3, 0.4) is 0 Å². The summed E-state index contributed by atoms with van der Waals surface area (Å²) in [5.41, 5.74) is 0.707. The normalized spacial score (nSPS) is 19.3. The van der Waals surface area contributed by atoms with Crippen LogP contribution in [0.25, 0.3) is 0 Å².